The van der Waals surface area contributed by atoms with Crippen LogP contribution < -0.4 is 5.32 Å². The summed E-state index contributed by atoms with van der Waals surface area (Å²) in [6, 6.07) is 9.40. The van der Waals surface area contributed by atoms with Crippen molar-refractivity contribution >= 4 is 27.7 Å². The first-order valence-corrected chi connectivity index (χ1v) is 7.30. The van der Waals surface area contributed by atoms with Gasteiger partial charge in [-0.25, -0.2) is 0 Å². The third-order valence-electron chi connectivity index (χ3n) is 3.09. The Bertz CT molecular complexity index is 715. The molecule has 0 aliphatic carbocycles. The molecule has 0 fully saturated rings. The zero-order valence-corrected chi connectivity index (χ0v) is 13.4. The average Bonchev–Trinajstić information content (AvgIpc) is 2.79. The summed E-state index contributed by atoms with van der Waals surface area (Å²) in [5.41, 5.74) is 2.47. The van der Waals surface area contributed by atoms with Crippen molar-refractivity contribution in [3.05, 3.63) is 45.6 Å². The van der Waals surface area contributed by atoms with Gasteiger partial charge in [-0.1, -0.05) is 12.1 Å². The Morgan fingerprint density at radius 2 is 2.24 bits per heavy atom. The molecule has 2 rings (SSSR count). The first-order valence-electron chi connectivity index (χ1n) is 6.51. The van der Waals surface area contributed by atoms with E-state index < -0.39 is 0 Å². The molecule has 2 aromatic rings. The number of carbonyl (C=O) groups is 1. The van der Waals surface area contributed by atoms with Gasteiger partial charge in [0.05, 0.1) is 24.6 Å². The normalized spacial score (nSPS) is 10.2. The number of benzene rings is 1. The van der Waals surface area contributed by atoms with Crippen LogP contribution in [0.1, 0.15) is 28.0 Å². The zero-order chi connectivity index (χ0) is 15.4. The van der Waals surface area contributed by atoms with Crippen LogP contribution in [0.15, 0.2) is 28.7 Å². The molecule has 0 bridgehead atoms. The van der Waals surface area contributed by atoms with Crippen molar-refractivity contribution in [2.45, 2.75) is 26.8 Å². The second-order valence-corrected chi connectivity index (χ2v) is 5.49. The number of nitrogens with one attached hydrogen (secondary N) is 1. The van der Waals surface area contributed by atoms with Gasteiger partial charge in [0.1, 0.15) is 0 Å². The predicted octanol–water partition coefficient (Wildman–Crippen LogP) is 3.43. The van der Waals surface area contributed by atoms with E-state index in [0.29, 0.717) is 24.3 Å². The van der Waals surface area contributed by atoms with Crippen LogP contribution in [-0.2, 0) is 6.54 Å². The Morgan fingerprint density at radius 3 is 2.95 bits per heavy atom. The van der Waals surface area contributed by atoms with Crippen LogP contribution in [0.3, 0.4) is 0 Å². The van der Waals surface area contributed by atoms with E-state index in [1.165, 1.54) is 0 Å². The van der Waals surface area contributed by atoms with Crippen molar-refractivity contribution in [2.75, 3.05) is 5.32 Å². The zero-order valence-electron chi connectivity index (χ0n) is 11.9. The number of halogens is 1. The molecule has 0 atom stereocenters. The predicted molar refractivity (Wildman–Crippen MR) is 84.0 cm³/mol. The summed E-state index contributed by atoms with van der Waals surface area (Å²) in [6.45, 7) is 4.34. The smallest absolute Gasteiger partial charge is 0.258 e. The molecule has 0 aliphatic heterocycles. The van der Waals surface area contributed by atoms with Crippen LogP contribution >= 0.6 is 15.9 Å². The van der Waals surface area contributed by atoms with Gasteiger partial charge in [-0.3, -0.25) is 9.48 Å². The van der Waals surface area contributed by atoms with E-state index in [1.807, 2.05) is 26.0 Å². The SMILES string of the molecule is Cc1cccc(C(=O)Nc2cc(C)n(CCC#N)n2)c1Br. The maximum absolute atomic E-state index is 12.3. The van der Waals surface area contributed by atoms with Crippen LogP contribution in [0.25, 0.3) is 0 Å². The molecule has 1 aromatic carbocycles. The van der Waals surface area contributed by atoms with E-state index in [4.69, 9.17) is 5.26 Å². The average molecular weight is 347 g/mol. The van der Waals surface area contributed by atoms with Gasteiger partial charge in [0.2, 0.25) is 0 Å². The fraction of sp³-hybridized carbons (Fsp3) is 0.267. The summed E-state index contributed by atoms with van der Waals surface area (Å²) in [6.07, 6.45) is 0.388. The first-order chi connectivity index (χ1) is 10.0. The molecule has 1 heterocycles. The highest BCUT2D eigenvalue weighted by Gasteiger charge is 2.13. The number of anilines is 1. The molecule has 6 heteroatoms. The van der Waals surface area contributed by atoms with E-state index in [0.717, 1.165) is 15.7 Å². The van der Waals surface area contributed by atoms with Gasteiger partial charge in [0, 0.05) is 16.2 Å². The maximum Gasteiger partial charge on any atom is 0.258 e. The monoisotopic (exact) mass is 346 g/mol. The number of aromatic nitrogens is 2. The second kappa shape index (κ2) is 6.55. The van der Waals surface area contributed by atoms with Gasteiger partial charge in [-0.15, -0.1) is 0 Å². The van der Waals surface area contributed by atoms with Crippen LogP contribution in [0, 0.1) is 25.2 Å². The molecule has 0 saturated carbocycles. The largest absolute Gasteiger partial charge is 0.305 e. The molecule has 0 saturated heterocycles. The molecule has 0 radical (unpaired) electrons. The molecule has 0 spiro atoms. The molecular formula is C15H15BrN4O. The lowest BCUT2D eigenvalue weighted by Gasteiger charge is -2.06. The number of nitrogens with zero attached hydrogens (tertiary/aromatic N) is 3. The van der Waals surface area contributed by atoms with Gasteiger partial charge in [0.15, 0.2) is 5.82 Å². The van der Waals surface area contributed by atoms with Crippen molar-refractivity contribution in [3.63, 3.8) is 0 Å². The van der Waals surface area contributed by atoms with Crippen LogP contribution in [0.4, 0.5) is 5.82 Å². The minimum atomic E-state index is -0.212. The molecule has 108 valence electrons. The number of carbonyl (C=O) groups excluding carboxylic acids is 1. The Balaban J connectivity index is 2.17. The molecule has 1 aromatic heterocycles. The number of hydrogen-bond donors (Lipinski definition) is 1. The summed E-state index contributed by atoms with van der Waals surface area (Å²) < 4.78 is 2.49. The molecule has 0 unspecified atom stereocenters. The highest BCUT2D eigenvalue weighted by Crippen LogP contribution is 2.22. The molecule has 1 amide bonds. The van der Waals surface area contributed by atoms with Crippen molar-refractivity contribution in [2.24, 2.45) is 0 Å². The van der Waals surface area contributed by atoms with Crippen LogP contribution in [0.2, 0.25) is 0 Å². The maximum atomic E-state index is 12.3. The molecular weight excluding hydrogens is 332 g/mol. The lowest BCUT2D eigenvalue weighted by molar-refractivity contribution is 0.102. The van der Waals surface area contributed by atoms with Gasteiger partial charge in [-0.05, 0) is 41.4 Å². The fourth-order valence-electron chi connectivity index (χ4n) is 1.96. The first kappa shape index (κ1) is 15.3. The van der Waals surface area contributed by atoms with E-state index in [-0.39, 0.29) is 5.91 Å². The lowest BCUT2D eigenvalue weighted by Crippen LogP contribution is -2.13. The number of amides is 1. The highest BCUT2D eigenvalue weighted by molar-refractivity contribution is 9.10. The Hall–Kier alpha value is -2.13. The van der Waals surface area contributed by atoms with E-state index in [1.54, 1.807) is 16.8 Å². The summed E-state index contributed by atoms with van der Waals surface area (Å²) in [5, 5.41) is 15.7. The lowest BCUT2D eigenvalue weighted by atomic mass is 10.1. The van der Waals surface area contributed by atoms with Crippen molar-refractivity contribution < 1.29 is 4.79 Å². The molecule has 21 heavy (non-hydrogen) atoms. The van der Waals surface area contributed by atoms with Gasteiger partial charge in [-0.2, -0.15) is 10.4 Å². The quantitative estimate of drug-likeness (QED) is 0.921. The van der Waals surface area contributed by atoms with Crippen molar-refractivity contribution in [3.8, 4) is 6.07 Å². The Kier molecular flexibility index (Phi) is 4.76. The molecule has 5 nitrogen and oxygen atoms in total. The summed E-state index contributed by atoms with van der Waals surface area (Å²) >= 11 is 3.43. The molecule has 0 aliphatic rings. The van der Waals surface area contributed by atoms with Gasteiger partial charge < -0.3 is 5.32 Å². The van der Waals surface area contributed by atoms with Gasteiger partial charge in [0.25, 0.3) is 5.91 Å². The minimum absolute atomic E-state index is 0.212. The second-order valence-electron chi connectivity index (χ2n) is 4.69. The third kappa shape index (κ3) is 3.50. The Morgan fingerprint density at radius 1 is 1.48 bits per heavy atom. The summed E-state index contributed by atoms with van der Waals surface area (Å²) in [4.78, 5) is 12.3. The summed E-state index contributed by atoms with van der Waals surface area (Å²) in [5.74, 6) is 0.277. The number of rotatable bonds is 4. The molecule has 1 N–H and O–H groups in total. The number of nitriles is 1. The van der Waals surface area contributed by atoms with Crippen LogP contribution in [-0.4, -0.2) is 15.7 Å². The number of hydrogen-bond acceptors (Lipinski definition) is 3. The topological polar surface area (TPSA) is 70.7 Å². The van der Waals surface area contributed by atoms with E-state index in [9.17, 15) is 4.79 Å². The van der Waals surface area contributed by atoms with Gasteiger partial charge >= 0.3 is 0 Å². The van der Waals surface area contributed by atoms with Crippen molar-refractivity contribution in [1.82, 2.24) is 9.78 Å². The van der Waals surface area contributed by atoms with Crippen LogP contribution in [0.5, 0.6) is 0 Å². The third-order valence-corrected chi connectivity index (χ3v) is 4.15. The summed E-state index contributed by atoms with van der Waals surface area (Å²) in [7, 11) is 0. The van der Waals surface area contributed by atoms with E-state index in [2.05, 4.69) is 32.4 Å². The highest BCUT2D eigenvalue weighted by atomic mass is 79.9. The fourth-order valence-corrected chi connectivity index (χ4v) is 2.40. The standard InChI is InChI=1S/C15H15BrN4O/c1-10-5-3-6-12(14(10)16)15(21)18-13-9-11(2)20(19-13)8-4-7-17/h3,5-6,9H,4,8H2,1-2H3,(H,18,19,21). The number of aryl methyl sites for hydroxylation is 3. The van der Waals surface area contributed by atoms with E-state index >= 15 is 0 Å². The minimum Gasteiger partial charge on any atom is -0.305 e. The Labute approximate surface area is 131 Å². The van der Waals surface area contributed by atoms with Crippen molar-refractivity contribution in [1.29, 1.82) is 5.26 Å².